The molecule has 4 rings (SSSR count). The van der Waals surface area contributed by atoms with Crippen LogP contribution in [0.2, 0.25) is 0 Å². The highest BCUT2D eigenvalue weighted by Gasteiger charge is 2.33. The van der Waals surface area contributed by atoms with Crippen molar-refractivity contribution in [1.29, 1.82) is 0 Å². The van der Waals surface area contributed by atoms with Crippen LogP contribution in [-0.4, -0.2) is 11.7 Å². The molecule has 0 saturated heterocycles. The first kappa shape index (κ1) is 12.3. The molecule has 0 aromatic heterocycles. The van der Waals surface area contributed by atoms with Crippen LogP contribution in [0.25, 0.3) is 11.1 Å². The molecule has 0 radical (unpaired) electrons. The zero-order valence-electron chi connectivity index (χ0n) is 11.6. The average Bonchev–Trinajstić information content (AvgIpc) is 2.83. The molecule has 0 saturated carbocycles. The number of anilines is 1. The molecular weight excluding hydrogens is 262 g/mol. The quantitative estimate of drug-likeness (QED) is 0.812. The molecule has 1 amide bonds. The summed E-state index contributed by atoms with van der Waals surface area (Å²) in [7, 11) is 0. The fraction of sp³-hybridized carbons (Fsp3) is 0.222. The van der Waals surface area contributed by atoms with E-state index >= 15 is 0 Å². The highest BCUT2D eigenvalue weighted by atomic mass is 16.2. The Morgan fingerprint density at radius 1 is 0.857 bits per heavy atom. The number of rotatable bonds is 1. The van der Waals surface area contributed by atoms with Gasteiger partial charge >= 0.3 is 0 Å². The van der Waals surface area contributed by atoms with Crippen LogP contribution in [0, 0.1) is 0 Å². The van der Waals surface area contributed by atoms with E-state index in [-0.39, 0.29) is 0 Å². The third kappa shape index (κ3) is 1.81. The van der Waals surface area contributed by atoms with Crippen LogP contribution in [0.15, 0.2) is 36.4 Å². The molecule has 2 aromatic rings. The van der Waals surface area contributed by atoms with Gasteiger partial charge < -0.3 is 5.32 Å². The Balaban J connectivity index is 2.01. The Labute approximate surface area is 123 Å². The van der Waals surface area contributed by atoms with Gasteiger partial charge in [-0.05, 0) is 54.0 Å². The van der Waals surface area contributed by atoms with Crippen molar-refractivity contribution >= 4 is 17.4 Å². The lowest BCUT2D eigenvalue weighted by Crippen LogP contribution is -2.12. The SMILES string of the molecule is O=C1Nc2c(cc(-c3ccccc3)c3c2CCCC3)C1=O. The van der Waals surface area contributed by atoms with Crippen molar-refractivity contribution in [2.45, 2.75) is 25.7 Å². The molecule has 3 heteroatoms. The molecule has 3 nitrogen and oxygen atoms in total. The Kier molecular flexibility index (Phi) is 2.67. The molecule has 2 aromatic carbocycles. The second-order valence-corrected chi connectivity index (χ2v) is 5.66. The van der Waals surface area contributed by atoms with Gasteiger partial charge in [-0.25, -0.2) is 0 Å². The van der Waals surface area contributed by atoms with Crippen LogP contribution in [0.3, 0.4) is 0 Å². The molecule has 0 bridgehead atoms. The molecule has 1 N–H and O–H groups in total. The van der Waals surface area contributed by atoms with Gasteiger partial charge in [0.25, 0.3) is 11.7 Å². The van der Waals surface area contributed by atoms with Crippen molar-refractivity contribution in [2.24, 2.45) is 0 Å². The van der Waals surface area contributed by atoms with E-state index in [1.54, 1.807) is 0 Å². The maximum atomic E-state index is 12.1. The minimum absolute atomic E-state index is 0.407. The number of ketones is 1. The maximum absolute atomic E-state index is 12.1. The van der Waals surface area contributed by atoms with E-state index in [4.69, 9.17) is 0 Å². The zero-order valence-corrected chi connectivity index (χ0v) is 11.6. The summed E-state index contributed by atoms with van der Waals surface area (Å²) in [6.45, 7) is 0. The van der Waals surface area contributed by atoms with Crippen molar-refractivity contribution in [1.82, 2.24) is 0 Å². The number of nitrogens with one attached hydrogen (secondary N) is 1. The number of fused-ring (bicyclic) bond motifs is 3. The second kappa shape index (κ2) is 4.55. The van der Waals surface area contributed by atoms with Gasteiger partial charge in [0, 0.05) is 0 Å². The second-order valence-electron chi connectivity index (χ2n) is 5.66. The predicted molar refractivity (Wildman–Crippen MR) is 81.5 cm³/mol. The third-order valence-corrected chi connectivity index (χ3v) is 4.43. The molecule has 104 valence electrons. The minimum atomic E-state index is -0.497. The monoisotopic (exact) mass is 277 g/mol. The largest absolute Gasteiger partial charge is 0.318 e. The lowest BCUT2D eigenvalue weighted by molar-refractivity contribution is -0.112. The highest BCUT2D eigenvalue weighted by Crippen LogP contribution is 2.40. The molecule has 21 heavy (non-hydrogen) atoms. The fourth-order valence-corrected chi connectivity index (χ4v) is 3.43. The first-order valence-electron chi connectivity index (χ1n) is 7.35. The molecule has 1 aliphatic heterocycles. The van der Waals surface area contributed by atoms with Crippen LogP contribution in [0.4, 0.5) is 5.69 Å². The summed E-state index contributed by atoms with van der Waals surface area (Å²) in [5.74, 6) is -0.904. The van der Waals surface area contributed by atoms with Gasteiger partial charge in [0.05, 0.1) is 11.3 Å². The number of Topliss-reactive ketones (excluding diaryl/α,β-unsaturated/α-hetero) is 1. The lowest BCUT2D eigenvalue weighted by Gasteiger charge is -2.22. The first-order valence-corrected chi connectivity index (χ1v) is 7.35. The Hall–Kier alpha value is -2.42. The van der Waals surface area contributed by atoms with Crippen LogP contribution in [-0.2, 0) is 17.6 Å². The molecule has 0 spiro atoms. The summed E-state index contributed by atoms with van der Waals surface area (Å²) in [5.41, 5.74) is 5.98. The van der Waals surface area contributed by atoms with Crippen LogP contribution in [0.5, 0.6) is 0 Å². The van der Waals surface area contributed by atoms with Crippen LogP contribution in [0.1, 0.15) is 34.3 Å². The molecule has 2 aliphatic rings. The number of hydrogen-bond acceptors (Lipinski definition) is 2. The van der Waals surface area contributed by atoms with E-state index in [0.29, 0.717) is 5.56 Å². The summed E-state index contributed by atoms with van der Waals surface area (Å²) in [4.78, 5) is 23.8. The molecule has 0 fully saturated rings. The smallest absolute Gasteiger partial charge is 0.296 e. The zero-order chi connectivity index (χ0) is 14.4. The van der Waals surface area contributed by atoms with Crippen LogP contribution < -0.4 is 5.32 Å². The van der Waals surface area contributed by atoms with Gasteiger partial charge in [-0.2, -0.15) is 0 Å². The van der Waals surface area contributed by atoms with Crippen molar-refractivity contribution in [3.05, 3.63) is 53.1 Å². The average molecular weight is 277 g/mol. The Morgan fingerprint density at radius 2 is 1.57 bits per heavy atom. The van der Waals surface area contributed by atoms with E-state index in [0.717, 1.165) is 48.1 Å². The standard InChI is InChI=1S/C18H15NO2/c20-17-15-10-14(11-6-2-1-3-7-11)12-8-4-5-9-13(12)16(15)19-18(17)21/h1-3,6-7,10H,4-5,8-9H2,(H,19,20,21). The van der Waals surface area contributed by atoms with Crippen molar-refractivity contribution in [3.63, 3.8) is 0 Å². The summed E-state index contributed by atoms with van der Waals surface area (Å²) >= 11 is 0. The summed E-state index contributed by atoms with van der Waals surface area (Å²) in [5, 5.41) is 2.77. The number of carbonyl (C=O) groups excluding carboxylic acids is 2. The van der Waals surface area contributed by atoms with Crippen molar-refractivity contribution in [3.8, 4) is 11.1 Å². The predicted octanol–water partition coefficient (Wildman–Crippen LogP) is 3.37. The minimum Gasteiger partial charge on any atom is -0.318 e. The van der Waals surface area contributed by atoms with E-state index < -0.39 is 11.7 Å². The van der Waals surface area contributed by atoms with E-state index in [1.165, 1.54) is 5.56 Å². The molecular formula is C18H15NO2. The highest BCUT2D eigenvalue weighted by molar-refractivity contribution is 6.52. The molecule has 1 heterocycles. The summed E-state index contributed by atoms with van der Waals surface area (Å²) < 4.78 is 0. The first-order chi connectivity index (χ1) is 10.3. The van der Waals surface area contributed by atoms with E-state index in [2.05, 4.69) is 17.4 Å². The number of hydrogen-bond donors (Lipinski definition) is 1. The summed E-state index contributed by atoms with van der Waals surface area (Å²) in [6, 6.07) is 12.0. The van der Waals surface area contributed by atoms with Gasteiger partial charge in [-0.1, -0.05) is 30.3 Å². The molecule has 0 unspecified atom stereocenters. The van der Waals surface area contributed by atoms with Gasteiger partial charge in [-0.15, -0.1) is 0 Å². The Morgan fingerprint density at radius 3 is 2.33 bits per heavy atom. The fourth-order valence-electron chi connectivity index (χ4n) is 3.43. The molecule has 0 atom stereocenters. The number of amides is 1. The van der Waals surface area contributed by atoms with Gasteiger partial charge in [0.2, 0.25) is 0 Å². The normalized spacial score (nSPS) is 16.4. The maximum Gasteiger partial charge on any atom is 0.296 e. The molecule has 1 aliphatic carbocycles. The van der Waals surface area contributed by atoms with Gasteiger partial charge in [-0.3, -0.25) is 9.59 Å². The van der Waals surface area contributed by atoms with E-state index in [1.807, 2.05) is 24.3 Å². The number of benzene rings is 2. The van der Waals surface area contributed by atoms with E-state index in [9.17, 15) is 9.59 Å². The topological polar surface area (TPSA) is 46.2 Å². The van der Waals surface area contributed by atoms with Crippen molar-refractivity contribution in [2.75, 3.05) is 5.32 Å². The summed E-state index contributed by atoms with van der Waals surface area (Å²) in [6.07, 6.45) is 4.22. The third-order valence-electron chi connectivity index (χ3n) is 4.43. The Bertz CT molecular complexity index is 763. The van der Waals surface area contributed by atoms with Gasteiger partial charge in [0.15, 0.2) is 0 Å². The lowest BCUT2D eigenvalue weighted by atomic mass is 9.83. The van der Waals surface area contributed by atoms with Crippen LogP contribution >= 0.6 is 0 Å². The van der Waals surface area contributed by atoms with Gasteiger partial charge in [0.1, 0.15) is 0 Å². The van der Waals surface area contributed by atoms with Crippen molar-refractivity contribution < 1.29 is 9.59 Å². The number of carbonyl (C=O) groups is 2.